The minimum Gasteiger partial charge on any atom is -0.283 e. The molecule has 1 nitrogen and oxygen atoms in total. The van der Waals surface area contributed by atoms with Crippen molar-refractivity contribution >= 4 is 0 Å². The van der Waals surface area contributed by atoms with E-state index in [2.05, 4.69) is 5.32 Å². The van der Waals surface area contributed by atoms with Crippen molar-refractivity contribution in [3.63, 3.8) is 0 Å². The monoisotopic (exact) mass is 159 g/mol. The molecule has 0 saturated heterocycles. The lowest BCUT2D eigenvalue weighted by atomic mass is 9.95. The second kappa shape index (κ2) is 3.53. The number of alkyl halides is 1. The molecule has 0 aliphatic heterocycles. The van der Waals surface area contributed by atoms with Gasteiger partial charge >= 0.3 is 0 Å². The molecule has 0 heterocycles. The number of halogens is 1. The van der Waals surface area contributed by atoms with E-state index in [9.17, 15) is 4.39 Å². The number of hydrogen-bond acceptors (Lipinski definition) is 1. The SMILES string of the molecule is CC(C)(F)NC1CCCCC1. The minimum absolute atomic E-state index is 0.420. The molecule has 66 valence electrons. The van der Waals surface area contributed by atoms with Gasteiger partial charge in [-0.15, -0.1) is 0 Å². The summed E-state index contributed by atoms with van der Waals surface area (Å²) in [6.45, 7) is 3.17. The van der Waals surface area contributed by atoms with Crippen LogP contribution in [-0.2, 0) is 0 Å². The van der Waals surface area contributed by atoms with E-state index in [0.717, 1.165) is 12.8 Å². The van der Waals surface area contributed by atoms with Crippen LogP contribution < -0.4 is 5.32 Å². The van der Waals surface area contributed by atoms with Crippen LogP contribution in [0.15, 0.2) is 0 Å². The summed E-state index contributed by atoms with van der Waals surface area (Å²) in [6, 6.07) is 0.420. The lowest BCUT2D eigenvalue weighted by Crippen LogP contribution is -2.43. The molecule has 1 fully saturated rings. The molecule has 1 saturated carbocycles. The summed E-state index contributed by atoms with van der Waals surface area (Å²) in [4.78, 5) is 0. The van der Waals surface area contributed by atoms with E-state index in [1.54, 1.807) is 13.8 Å². The predicted molar refractivity (Wildman–Crippen MR) is 45.2 cm³/mol. The van der Waals surface area contributed by atoms with Crippen LogP contribution in [-0.4, -0.2) is 11.8 Å². The normalized spacial score (nSPS) is 22.1. The topological polar surface area (TPSA) is 12.0 Å². The van der Waals surface area contributed by atoms with Gasteiger partial charge in [0.2, 0.25) is 0 Å². The zero-order valence-electron chi connectivity index (χ0n) is 7.49. The van der Waals surface area contributed by atoms with E-state index in [1.807, 2.05) is 0 Å². The maximum absolute atomic E-state index is 13.1. The van der Waals surface area contributed by atoms with Crippen LogP contribution in [0.25, 0.3) is 0 Å². The average molecular weight is 159 g/mol. The van der Waals surface area contributed by atoms with E-state index < -0.39 is 5.79 Å². The molecule has 11 heavy (non-hydrogen) atoms. The Morgan fingerprint density at radius 3 is 2.18 bits per heavy atom. The Morgan fingerprint density at radius 1 is 1.18 bits per heavy atom. The highest BCUT2D eigenvalue weighted by Crippen LogP contribution is 2.19. The molecule has 0 aromatic carbocycles. The molecule has 1 rings (SSSR count). The van der Waals surface area contributed by atoms with Crippen molar-refractivity contribution in [3.05, 3.63) is 0 Å². The fourth-order valence-corrected chi connectivity index (χ4v) is 1.73. The summed E-state index contributed by atoms with van der Waals surface area (Å²) >= 11 is 0. The molecule has 1 N–H and O–H groups in total. The van der Waals surface area contributed by atoms with Crippen LogP contribution in [0.3, 0.4) is 0 Å². The maximum atomic E-state index is 13.1. The molecular formula is C9H18FN. The fraction of sp³-hybridized carbons (Fsp3) is 1.00. The van der Waals surface area contributed by atoms with Gasteiger partial charge in [-0.1, -0.05) is 19.3 Å². The van der Waals surface area contributed by atoms with Gasteiger partial charge in [0, 0.05) is 6.04 Å². The number of nitrogens with one attached hydrogen (secondary N) is 1. The highest BCUT2D eigenvalue weighted by atomic mass is 19.1. The molecule has 1 aliphatic rings. The molecular weight excluding hydrogens is 141 g/mol. The van der Waals surface area contributed by atoms with Crippen LogP contribution in [0.1, 0.15) is 46.0 Å². The van der Waals surface area contributed by atoms with E-state index in [0.29, 0.717) is 6.04 Å². The maximum Gasteiger partial charge on any atom is 0.156 e. The third-order valence-corrected chi connectivity index (χ3v) is 2.15. The Bertz CT molecular complexity index is 111. The molecule has 0 aromatic rings. The van der Waals surface area contributed by atoms with Crippen molar-refractivity contribution in [1.82, 2.24) is 5.32 Å². The molecule has 0 amide bonds. The fourth-order valence-electron chi connectivity index (χ4n) is 1.73. The van der Waals surface area contributed by atoms with Gasteiger partial charge in [0.15, 0.2) is 5.79 Å². The molecule has 0 atom stereocenters. The van der Waals surface area contributed by atoms with Crippen LogP contribution in [0.5, 0.6) is 0 Å². The molecule has 2 heteroatoms. The molecule has 0 aromatic heterocycles. The van der Waals surface area contributed by atoms with Crippen molar-refractivity contribution in [2.75, 3.05) is 0 Å². The zero-order chi connectivity index (χ0) is 8.32. The van der Waals surface area contributed by atoms with Crippen LogP contribution >= 0.6 is 0 Å². The van der Waals surface area contributed by atoms with Crippen LogP contribution in [0, 0.1) is 0 Å². The van der Waals surface area contributed by atoms with E-state index >= 15 is 0 Å². The Kier molecular flexibility index (Phi) is 2.88. The Balaban J connectivity index is 2.24. The van der Waals surface area contributed by atoms with Gasteiger partial charge in [-0.05, 0) is 26.7 Å². The van der Waals surface area contributed by atoms with Crippen molar-refractivity contribution in [2.45, 2.75) is 57.8 Å². The summed E-state index contributed by atoms with van der Waals surface area (Å²) in [5, 5.41) is 2.99. The van der Waals surface area contributed by atoms with Crippen molar-refractivity contribution in [1.29, 1.82) is 0 Å². The molecule has 0 radical (unpaired) electrons. The summed E-state index contributed by atoms with van der Waals surface area (Å²) in [5.41, 5.74) is 0. The first kappa shape index (κ1) is 8.98. The van der Waals surface area contributed by atoms with Gasteiger partial charge in [-0.25, -0.2) is 4.39 Å². The van der Waals surface area contributed by atoms with Gasteiger partial charge in [-0.3, -0.25) is 5.32 Å². The molecule has 0 bridgehead atoms. The van der Waals surface area contributed by atoms with Gasteiger partial charge < -0.3 is 0 Å². The lowest BCUT2D eigenvalue weighted by molar-refractivity contribution is 0.130. The van der Waals surface area contributed by atoms with Crippen LogP contribution in [0.2, 0.25) is 0 Å². The van der Waals surface area contributed by atoms with Gasteiger partial charge in [0.25, 0.3) is 0 Å². The lowest BCUT2D eigenvalue weighted by Gasteiger charge is -2.28. The largest absolute Gasteiger partial charge is 0.283 e. The average Bonchev–Trinajstić information content (AvgIpc) is 1.85. The third-order valence-electron chi connectivity index (χ3n) is 2.15. The first-order chi connectivity index (χ1) is 5.08. The minimum atomic E-state index is -1.19. The zero-order valence-corrected chi connectivity index (χ0v) is 7.49. The predicted octanol–water partition coefficient (Wildman–Crippen LogP) is 2.61. The Labute approximate surface area is 68.4 Å². The van der Waals surface area contributed by atoms with Crippen molar-refractivity contribution in [2.24, 2.45) is 0 Å². The first-order valence-electron chi connectivity index (χ1n) is 4.54. The van der Waals surface area contributed by atoms with Gasteiger partial charge in [-0.2, -0.15) is 0 Å². The summed E-state index contributed by atoms with van der Waals surface area (Å²) in [5.74, 6) is -1.19. The Hall–Kier alpha value is -0.110. The van der Waals surface area contributed by atoms with Crippen molar-refractivity contribution < 1.29 is 4.39 Å². The quantitative estimate of drug-likeness (QED) is 0.611. The Morgan fingerprint density at radius 2 is 1.73 bits per heavy atom. The smallest absolute Gasteiger partial charge is 0.156 e. The standard InChI is InChI=1S/C9H18FN/c1-9(2,10)11-8-6-4-3-5-7-8/h8,11H,3-7H2,1-2H3. The van der Waals surface area contributed by atoms with E-state index in [4.69, 9.17) is 0 Å². The summed E-state index contributed by atoms with van der Waals surface area (Å²) in [6.07, 6.45) is 6.13. The second-order valence-electron chi connectivity index (χ2n) is 3.95. The van der Waals surface area contributed by atoms with Crippen molar-refractivity contribution in [3.8, 4) is 0 Å². The van der Waals surface area contributed by atoms with Gasteiger partial charge in [0.05, 0.1) is 0 Å². The van der Waals surface area contributed by atoms with E-state index in [-0.39, 0.29) is 0 Å². The van der Waals surface area contributed by atoms with Gasteiger partial charge in [0.1, 0.15) is 0 Å². The number of hydrogen-bond donors (Lipinski definition) is 1. The van der Waals surface area contributed by atoms with E-state index in [1.165, 1.54) is 19.3 Å². The molecule has 0 spiro atoms. The molecule has 1 aliphatic carbocycles. The molecule has 0 unspecified atom stereocenters. The van der Waals surface area contributed by atoms with Crippen LogP contribution in [0.4, 0.5) is 4.39 Å². The third kappa shape index (κ3) is 3.71. The summed E-state index contributed by atoms with van der Waals surface area (Å²) < 4.78 is 13.1. The number of rotatable bonds is 2. The summed E-state index contributed by atoms with van der Waals surface area (Å²) in [7, 11) is 0. The first-order valence-corrected chi connectivity index (χ1v) is 4.54. The second-order valence-corrected chi connectivity index (χ2v) is 3.95. The highest BCUT2D eigenvalue weighted by molar-refractivity contribution is 4.76. The highest BCUT2D eigenvalue weighted by Gasteiger charge is 2.21.